The molecule has 0 saturated heterocycles. The molecule has 5 nitrogen and oxygen atoms in total. The van der Waals surface area contributed by atoms with Crippen LogP contribution in [0.4, 0.5) is 11.4 Å². The number of amides is 2. The summed E-state index contributed by atoms with van der Waals surface area (Å²) in [5.41, 5.74) is 7.26. The quantitative estimate of drug-likeness (QED) is 0.752. The summed E-state index contributed by atoms with van der Waals surface area (Å²) in [5, 5.41) is 5.64. The lowest BCUT2D eigenvalue weighted by Crippen LogP contribution is -2.36. The summed E-state index contributed by atoms with van der Waals surface area (Å²) in [7, 11) is 0. The monoisotopic (exact) mass is 325 g/mol. The van der Waals surface area contributed by atoms with Gasteiger partial charge in [0.05, 0.1) is 6.04 Å². The molecule has 1 aliphatic carbocycles. The highest BCUT2D eigenvalue weighted by Gasteiger charge is 2.29. The van der Waals surface area contributed by atoms with Crippen molar-refractivity contribution in [3.63, 3.8) is 0 Å². The van der Waals surface area contributed by atoms with Gasteiger partial charge in [0.2, 0.25) is 11.8 Å². The first-order valence-electron chi connectivity index (χ1n) is 7.43. The van der Waals surface area contributed by atoms with Crippen LogP contribution in [0.3, 0.4) is 0 Å². The second kappa shape index (κ2) is 8.15. The topological polar surface area (TPSA) is 84.2 Å². The molecule has 0 unspecified atom stereocenters. The van der Waals surface area contributed by atoms with E-state index in [2.05, 4.69) is 10.6 Å². The highest BCUT2D eigenvalue weighted by atomic mass is 35.5. The van der Waals surface area contributed by atoms with E-state index < -0.39 is 6.04 Å². The molecule has 0 aliphatic heterocycles. The van der Waals surface area contributed by atoms with Gasteiger partial charge < -0.3 is 16.4 Å². The van der Waals surface area contributed by atoms with E-state index in [1.54, 1.807) is 24.3 Å². The predicted molar refractivity (Wildman–Crippen MR) is 91.1 cm³/mol. The van der Waals surface area contributed by atoms with E-state index in [0.29, 0.717) is 18.0 Å². The number of halogens is 1. The van der Waals surface area contributed by atoms with Gasteiger partial charge in [0, 0.05) is 17.3 Å². The Kier molecular flexibility index (Phi) is 6.84. The van der Waals surface area contributed by atoms with Gasteiger partial charge in [0.25, 0.3) is 0 Å². The lowest BCUT2D eigenvalue weighted by Gasteiger charge is -2.14. The van der Waals surface area contributed by atoms with Crippen LogP contribution >= 0.6 is 12.4 Å². The maximum Gasteiger partial charge on any atom is 0.241 e. The summed E-state index contributed by atoms with van der Waals surface area (Å²) in [6, 6.07) is 6.60. The van der Waals surface area contributed by atoms with Crippen LogP contribution in [0, 0.1) is 11.8 Å². The number of anilines is 2. The summed E-state index contributed by atoms with van der Waals surface area (Å²) in [6.45, 7) is 4.06. The number of carbonyl (C=O) groups excluding carboxylic acids is 2. The number of rotatable bonds is 6. The van der Waals surface area contributed by atoms with Crippen LogP contribution < -0.4 is 16.4 Å². The molecule has 0 spiro atoms. The van der Waals surface area contributed by atoms with E-state index in [4.69, 9.17) is 5.73 Å². The van der Waals surface area contributed by atoms with Crippen molar-refractivity contribution >= 4 is 35.6 Å². The molecule has 0 radical (unpaired) electrons. The van der Waals surface area contributed by atoms with E-state index in [0.717, 1.165) is 18.5 Å². The van der Waals surface area contributed by atoms with Gasteiger partial charge in [0.1, 0.15) is 0 Å². The fraction of sp³-hybridized carbons (Fsp3) is 0.500. The van der Waals surface area contributed by atoms with Gasteiger partial charge in [-0.3, -0.25) is 9.59 Å². The fourth-order valence-electron chi connectivity index (χ4n) is 2.08. The Labute approximate surface area is 137 Å². The minimum absolute atomic E-state index is 0. The first-order chi connectivity index (χ1) is 9.95. The number of benzene rings is 1. The molecule has 1 aromatic carbocycles. The second-order valence-electron chi connectivity index (χ2n) is 6.07. The molecule has 1 fully saturated rings. The fourth-order valence-corrected chi connectivity index (χ4v) is 2.08. The number of hydrogen-bond acceptors (Lipinski definition) is 3. The maximum absolute atomic E-state index is 11.9. The molecule has 1 aromatic rings. The molecular formula is C16H24ClN3O2. The lowest BCUT2D eigenvalue weighted by atomic mass is 10.0. The zero-order valence-corrected chi connectivity index (χ0v) is 13.8. The lowest BCUT2D eigenvalue weighted by molar-refractivity contribution is -0.118. The van der Waals surface area contributed by atoms with E-state index in [1.807, 2.05) is 13.8 Å². The van der Waals surface area contributed by atoms with Crippen LogP contribution in [0.1, 0.15) is 33.1 Å². The molecule has 1 aliphatic rings. The smallest absolute Gasteiger partial charge is 0.241 e. The predicted octanol–water partition coefficient (Wildman–Crippen LogP) is 2.77. The van der Waals surface area contributed by atoms with Gasteiger partial charge in [-0.25, -0.2) is 0 Å². The van der Waals surface area contributed by atoms with Crippen molar-refractivity contribution in [1.82, 2.24) is 0 Å². The molecule has 0 bridgehead atoms. The number of nitrogens with two attached hydrogens (primary N) is 1. The number of nitrogens with one attached hydrogen (secondary N) is 2. The van der Waals surface area contributed by atoms with Gasteiger partial charge in [-0.2, -0.15) is 0 Å². The summed E-state index contributed by atoms with van der Waals surface area (Å²) in [5.74, 6) is 0.452. The largest absolute Gasteiger partial charge is 0.326 e. The van der Waals surface area contributed by atoms with E-state index in [9.17, 15) is 9.59 Å². The van der Waals surface area contributed by atoms with Crippen LogP contribution in [0.2, 0.25) is 0 Å². The maximum atomic E-state index is 11.9. The van der Waals surface area contributed by atoms with Crippen LogP contribution in [0.15, 0.2) is 24.3 Å². The summed E-state index contributed by atoms with van der Waals surface area (Å²) in [6.07, 6.45) is 2.61. The third kappa shape index (κ3) is 5.66. The van der Waals surface area contributed by atoms with Crippen LogP contribution in [0.25, 0.3) is 0 Å². The average molecular weight is 326 g/mol. The SMILES string of the molecule is CC(C)C[C@H](N)C(=O)Nc1ccc(NC(=O)C2CC2)cc1.Cl. The number of hydrogen-bond donors (Lipinski definition) is 3. The zero-order valence-electron chi connectivity index (χ0n) is 13.0. The Balaban J connectivity index is 0.00000242. The molecule has 1 saturated carbocycles. The summed E-state index contributed by atoms with van der Waals surface area (Å²) < 4.78 is 0. The van der Waals surface area contributed by atoms with Gasteiger partial charge in [-0.1, -0.05) is 13.8 Å². The number of carbonyl (C=O) groups is 2. The highest BCUT2D eigenvalue weighted by Crippen LogP contribution is 2.30. The normalized spacial score (nSPS) is 14.9. The first kappa shape index (κ1) is 18.5. The molecule has 1 atom stereocenters. The van der Waals surface area contributed by atoms with Crippen LogP contribution in [-0.4, -0.2) is 17.9 Å². The highest BCUT2D eigenvalue weighted by molar-refractivity contribution is 5.96. The van der Waals surface area contributed by atoms with Gasteiger partial charge >= 0.3 is 0 Å². The van der Waals surface area contributed by atoms with Crippen molar-refractivity contribution in [3.05, 3.63) is 24.3 Å². The van der Waals surface area contributed by atoms with Gasteiger partial charge in [-0.05, 0) is 49.4 Å². The first-order valence-corrected chi connectivity index (χ1v) is 7.43. The van der Waals surface area contributed by atoms with E-state index >= 15 is 0 Å². The molecule has 4 N–H and O–H groups in total. The molecule has 2 amide bonds. The van der Waals surface area contributed by atoms with Crippen molar-refractivity contribution < 1.29 is 9.59 Å². The van der Waals surface area contributed by atoms with Gasteiger partial charge in [0.15, 0.2) is 0 Å². The zero-order chi connectivity index (χ0) is 15.4. The Bertz CT molecular complexity index is 513. The van der Waals surface area contributed by atoms with Crippen LogP contribution in [-0.2, 0) is 9.59 Å². The van der Waals surface area contributed by atoms with Crippen molar-refractivity contribution in [3.8, 4) is 0 Å². The molecular weight excluding hydrogens is 302 g/mol. The van der Waals surface area contributed by atoms with Crippen molar-refractivity contribution in [1.29, 1.82) is 0 Å². The van der Waals surface area contributed by atoms with Gasteiger partial charge in [-0.15, -0.1) is 12.4 Å². The minimum atomic E-state index is -0.501. The van der Waals surface area contributed by atoms with Crippen LogP contribution in [0.5, 0.6) is 0 Å². The molecule has 6 heteroatoms. The van der Waals surface area contributed by atoms with Crippen molar-refractivity contribution in [2.24, 2.45) is 17.6 Å². The van der Waals surface area contributed by atoms with E-state index in [-0.39, 0.29) is 30.1 Å². The average Bonchev–Trinajstić information content (AvgIpc) is 3.24. The molecule has 22 heavy (non-hydrogen) atoms. The third-order valence-electron chi connectivity index (χ3n) is 3.43. The Hall–Kier alpha value is -1.59. The third-order valence-corrected chi connectivity index (χ3v) is 3.43. The summed E-state index contributed by atoms with van der Waals surface area (Å²) in [4.78, 5) is 23.5. The Morgan fingerprint density at radius 1 is 1.14 bits per heavy atom. The Morgan fingerprint density at radius 3 is 2.09 bits per heavy atom. The molecule has 2 rings (SSSR count). The molecule has 122 valence electrons. The second-order valence-corrected chi connectivity index (χ2v) is 6.07. The minimum Gasteiger partial charge on any atom is -0.326 e. The van der Waals surface area contributed by atoms with Crippen molar-refractivity contribution in [2.45, 2.75) is 39.2 Å². The Morgan fingerprint density at radius 2 is 1.64 bits per heavy atom. The standard InChI is InChI=1S/C16H23N3O2.ClH/c1-10(2)9-14(17)16(21)19-13-7-5-12(6-8-13)18-15(20)11-3-4-11;/h5-8,10-11,14H,3-4,9,17H2,1-2H3,(H,18,20)(H,19,21);1H/t14-;/m0./s1. The molecule has 0 heterocycles. The summed E-state index contributed by atoms with van der Waals surface area (Å²) >= 11 is 0. The van der Waals surface area contributed by atoms with Crippen molar-refractivity contribution in [2.75, 3.05) is 10.6 Å². The molecule has 0 aromatic heterocycles. The van der Waals surface area contributed by atoms with E-state index in [1.165, 1.54) is 0 Å².